The van der Waals surface area contributed by atoms with Crippen LogP contribution in [0.5, 0.6) is 11.5 Å². The molecular weight excluding hydrogens is 472 g/mol. The molecule has 6 nitrogen and oxygen atoms in total. The Labute approximate surface area is 194 Å². The van der Waals surface area contributed by atoms with Gasteiger partial charge in [0.2, 0.25) is 0 Å². The molecule has 0 saturated carbocycles. The van der Waals surface area contributed by atoms with Gasteiger partial charge in [0, 0.05) is 27.4 Å². The molecule has 1 amide bonds. The Hall–Kier alpha value is -3.71. The lowest BCUT2D eigenvalue weighted by Gasteiger charge is -2.09. The molecule has 3 N–H and O–H groups in total. The molecule has 0 heterocycles. The van der Waals surface area contributed by atoms with E-state index in [0.717, 1.165) is 4.47 Å². The lowest BCUT2D eigenvalue weighted by atomic mass is 10.1. The zero-order valence-electron chi connectivity index (χ0n) is 17.2. The Bertz CT molecular complexity index is 1200. The second kappa shape index (κ2) is 10.5. The highest BCUT2D eigenvalue weighted by atomic mass is 79.9. The van der Waals surface area contributed by atoms with Crippen LogP contribution < -0.4 is 5.32 Å². The van der Waals surface area contributed by atoms with Gasteiger partial charge in [-0.15, -0.1) is 0 Å². The standard InChI is InChI=1S/C25H21BrN2O4/c1-16-11-20(26)12-19(24(16)31)14-27-15-23(30)21(13-18-9-5-6-10-22(18)29)28-25(32)17-7-3-2-4-8-17/h2-14,29,31H,15H2,1H3,(H,28,32)/b21-13-,27-14?. The number of phenolic OH excluding ortho intramolecular Hbond substituents is 2. The number of hydrogen-bond donors (Lipinski definition) is 3. The van der Waals surface area contributed by atoms with Crippen LogP contribution in [0.1, 0.15) is 27.0 Å². The van der Waals surface area contributed by atoms with E-state index < -0.39 is 11.7 Å². The number of phenols is 2. The molecule has 0 aliphatic rings. The SMILES string of the molecule is Cc1cc(Br)cc(C=NCC(=O)/C(=C/c2ccccc2O)NC(=O)c2ccccc2)c1O. The Morgan fingerprint density at radius 3 is 2.41 bits per heavy atom. The third-order valence-electron chi connectivity index (χ3n) is 4.58. The molecule has 0 atom stereocenters. The van der Waals surface area contributed by atoms with Crippen molar-refractivity contribution in [1.29, 1.82) is 0 Å². The van der Waals surface area contributed by atoms with Crippen LogP contribution in [0.15, 0.2) is 81.9 Å². The van der Waals surface area contributed by atoms with Gasteiger partial charge in [-0.1, -0.05) is 52.3 Å². The second-order valence-corrected chi connectivity index (χ2v) is 7.91. The van der Waals surface area contributed by atoms with Gasteiger partial charge in [0.25, 0.3) is 5.91 Å². The van der Waals surface area contributed by atoms with Gasteiger partial charge in [-0.3, -0.25) is 14.6 Å². The van der Waals surface area contributed by atoms with Gasteiger partial charge in [0.15, 0.2) is 5.78 Å². The fraction of sp³-hybridized carbons (Fsp3) is 0.0800. The number of para-hydroxylation sites is 1. The summed E-state index contributed by atoms with van der Waals surface area (Å²) >= 11 is 3.36. The number of Topliss-reactive ketones (excluding diaryl/α,β-unsaturated/α-hetero) is 1. The number of ketones is 1. The summed E-state index contributed by atoms with van der Waals surface area (Å²) < 4.78 is 0.774. The average molecular weight is 493 g/mol. The summed E-state index contributed by atoms with van der Waals surface area (Å²) in [6.07, 6.45) is 2.82. The maximum Gasteiger partial charge on any atom is 0.255 e. The first kappa shape index (κ1) is 23.0. The molecule has 162 valence electrons. The van der Waals surface area contributed by atoms with E-state index in [-0.39, 0.29) is 23.7 Å². The van der Waals surface area contributed by atoms with Crippen LogP contribution in [-0.4, -0.2) is 34.7 Å². The summed E-state index contributed by atoms with van der Waals surface area (Å²) in [6, 6.07) is 18.4. The van der Waals surface area contributed by atoms with Gasteiger partial charge in [-0.25, -0.2) is 0 Å². The number of carbonyl (C=O) groups excluding carboxylic acids is 2. The molecule has 0 unspecified atom stereocenters. The number of aromatic hydroxyl groups is 2. The Morgan fingerprint density at radius 1 is 1.00 bits per heavy atom. The third kappa shape index (κ3) is 5.92. The molecule has 7 heteroatoms. The van der Waals surface area contributed by atoms with E-state index >= 15 is 0 Å². The Balaban J connectivity index is 1.85. The fourth-order valence-electron chi connectivity index (χ4n) is 2.91. The van der Waals surface area contributed by atoms with Crippen molar-refractivity contribution in [3.63, 3.8) is 0 Å². The van der Waals surface area contributed by atoms with Crippen LogP contribution in [0, 0.1) is 6.92 Å². The third-order valence-corrected chi connectivity index (χ3v) is 5.04. The van der Waals surface area contributed by atoms with Crippen LogP contribution in [0.4, 0.5) is 0 Å². The Morgan fingerprint density at radius 2 is 1.69 bits per heavy atom. The Kier molecular flexibility index (Phi) is 7.57. The molecule has 0 aliphatic heterocycles. The van der Waals surface area contributed by atoms with Gasteiger partial charge in [0.05, 0.1) is 5.70 Å². The number of hydrogen-bond acceptors (Lipinski definition) is 5. The minimum absolute atomic E-state index is 0.00727. The monoisotopic (exact) mass is 492 g/mol. The molecule has 0 fully saturated rings. The molecular formula is C25H21BrN2O4. The molecule has 3 rings (SSSR count). The molecule has 3 aromatic rings. The van der Waals surface area contributed by atoms with Gasteiger partial charge in [-0.05, 0) is 48.9 Å². The first-order chi connectivity index (χ1) is 15.3. The zero-order chi connectivity index (χ0) is 23.1. The van der Waals surface area contributed by atoms with Crippen molar-refractivity contribution in [3.8, 4) is 11.5 Å². The zero-order valence-corrected chi connectivity index (χ0v) is 18.8. The smallest absolute Gasteiger partial charge is 0.255 e. The van der Waals surface area contributed by atoms with Gasteiger partial charge < -0.3 is 15.5 Å². The summed E-state index contributed by atoms with van der Waals surface area (Å²) in [6.45, 7) is 1.49. The molecule has 0 spiro atoms. The summed E-state index contributed by atoms with van der Waals surface area (Å²) in [7, 11) is 0. The summed E-state index contributed by atoms with van der Waals surface area (Å²) in [5, 5.41) is 22.9. The van der Waals surface area contributed by atoms with Crippen molar-refractivity contribution in [2.45, 2.75) is 6.92 Å². The maximum atomic E-state index is 12.9. The van der Waals surface area contributed by atoms with Crippen LogP contribution in [0.25, 0.3) is 6.08 Å². The van der Waals surface area contributed by atoms with E-state index in [1.807, 2.05) is 0 Å². The molecule has 0 bridgehead atoms. The highest BCUT2D eigenvalue weighted by molar-refractivity contribution is 9.10. The minimum atomic E-state index is -0.458. The van der Waals surface area contributed by atoms with Crippen LogP contribution in [0.3, 0.4) is 0 Å². The number of nitrogens with one attached hydrogen (secondary N) is 1. The highest BCUT2D eigenvalue weighted by Gasteiger charge is 2.15. The molecule has 3 aromatic carbocycles. The summed E-state index contributed by atoms with van der Waals surface area (Å²) in [4.78, 5) is 29.6. The van der Waals surface area contributed by atoms with Crippen molar-refractivity contribution in [2.75, 3.05) is 6.54 Å². The summed E-state index contributed by atoms with van der Waals surface area (Å²) in [5.41, 5.74) is 1.90. The largest absolute Gasteiger partial charge is 0.507 e. The maximum absolute atomic E-state index is 12.9. The van der Waals surface area contributed by atoms with Crippen molar-refractivity contribution >= 4 is 39.9 Å². The minimum Gasteiger partial charge on any atom is -0.507 e. The normalized spacial score (nSPS) is 11.5. The van der Waals surface area contributed by atoms with E-state index in [9.17, 15) is 19.8 Å². The first-order valence-electron chi connectivity index (χ1n) is 9.73. The quantitative estimate of drug-likeness (QED) is 0.330. The van der Waals surface area contributed by atoms with E-state index in [2.05, 4.69) is 26.2 Å². The number of nitrogens with zero attached hydrogens (tertiary/aromatic N) is 1. The molecule has 0 saturated heterocycles. The summed E-state index contributed by atoms with van der Waals surface area (Å²) in [5.74, 6) is -0.860. The van der Waals surface area contributed by atoms with Gasteiger partial charge in [-0.2, -0.15) is 0 Å². The van der Waals surface area contributed by atoms with E-state index in [4.69, 9.17) is 0 Å². The second-order valence-electron chi connectivity index (χ2n) is 6.99. The van der Waals surface area contributed by atoms with Crippen LogP contribution >= 0.6 is 15.9 Å². The van der Waals surface area contributed by atoms with Crippen LogP contribution in [0.2, 0.25) is 0 Å². The molecule has 0 aliphatic carbocycles. The first-order valence-corrected chi connectivity index (χ1v) is 10.5. The van der Waals surface area contributed by atoms with Crippen LogP contribution in [-0.2, 0) is 4.79 Å². The van der Waals surface area contributed by atoms with Crippen molar-refractivity contribution < 1.29 is 19.8 Å². The number of benzene rings is 3. The highest BCUT2D eigenvalue weighted by Crippen LogP contribution is 2.25. The molecule has 0 aromatic heterocycles. The van der Waals surface area contributed by atoms with E-state index in [1.165, 1.54) is 18.4 Å². The van der Waals surface area contributed by atoms with Gasteiger partial charge in [0.1, 0.15) is 18.0 Å². The lowest BCUT2D eigenvalue weighted by Crippen LogP contribution is -2.28. The van der Waals surface area contributed by atoms with Crippen molar-refractivity contribution in [1.82, 2.24) is 5.32 Å². The predicted octanol–water partition coefficient (Wildman–Crippen LogP) is 4.63. The number of aliphatic imine (C=N–C) groups is 1. The number of aryl methyl sites for hydroxylation is 1. The number of halogens is 1. The molecule has 32 heavy (non-hydrogen) atoms. The lowest BCUT2D eigenvalue weighted by molar-refractivity contribution is -0.114. The van der Waals surface area contributed by atoms with Gasteiger partial charge >= 0.3 is 0 Å². The van der Waals surface area contributed by atoms with E-state index in [1.54, 1.807) is 67.6 Å². The van der Waals surface area contributed by atoms with E-state index in [0.29, 0.717) is 22.3 Å². The van der Waals surface area contributed by atoms with Crippen molar-refractivity contribution in [3.05, 3.63) is 99.2 Å². The number of carbonyl (C=O) groups is 2. The number of amides is 1. The number of rotatable bonds is 7. The van der Waals surface area contributed by atoms with Crippen molar-refractivity contribution in [2.24, 2.45) is 4.99 Å². The topological polar surface area (TPSA) is 99.0 Å². The fourth-order valence-corrected chi connectivity index (χ4v) is 3.50. The molecule has 0 radical (unpaired) electrons. The average Bonchev–Trinajstić information content (AvgIpc) is 2.78. The predicted molar refractivity (Wildman–Crippen MR) is 128 cm³/mol.